The van der Waals surface area contributed by atoms with Gasteiger partial charge in [0, 0.05) is 11.5 Å². The molecular weight excluding hydrogens is 202 g/mol. The molecular formula is C11H12F2O2. The summed E-state index contributed by atoms with van der Waals surface area (Å²) in [7, 11) is 0. The standard InChI is InChI=1S/C11H12F2O2/c1-6(14)7-4-8-9(12)2-3-10(13)11(8)15-5-7/h2-3,6-7,14H,4-5H2,1H3/t6-,7+/m1/s1. The van der Waals surface area contributed by atoms with Gasteiger partial charge >= 0.3 is 0 Å². The molecule has 1 aliphatic rings. The third-order valence-corrected chi connectivity index (χ3v) is 2.75. The summed E-state index contributed by atoms with van der Waals surface area (Å²) < 4.78 is 31.7. The minimum Gasteiger partial charge on any atom is -0.490 e. The number of aliphatic hydroxyl groups excluding tert-OH is 1. The number of ether oxygens (including phenoxy) is 1. The van der Waals surface area contributed by atoms with Gasteiger partial charge in [-0.05, 0) is 25.5 Å². The van der Waals surface area contributed by atoms with E-state index in [1.54, 1.807) is 6.92 Å². The van der Waals surface area contributed by atoms with Crippen LogP contribution in [0, 0.1) is 17.6 Å². The zero-order valence-electron chi connectivity index (χ0n) is 8.34. The van der Waals surface area contributed by atoms with Crippen molar-refractivity contribution in [3.05, 3.63) is 29.3 Å². The molecule has 15 heavy (non-hydrogen) atoms. The normalized spacial score (nSPS) is 21.7. The Morgan fingerprint density at radius 3 is 2.73 bits per heavy atom. The van der Waals surface area contributed by atoms with E-state index >= 15 is 0 Å². The summed E-state index contributed by atoms with van der Waals surface area (Å²) in [6.07, 6.45) is -0.267. The van der Waals surface area contributed by atoms with Crippen molar-refractivity contribution in [1.82, 2.24) is 0 Å². The van der Waals surface area contributed by atoms with Gasteiger partial charge in [-0.3, -0.25) is 0 Å². The molecule has 2 atom stereocenters. The first-order valence-electron chi connectivity index (χ1n) is 4.87. The second-order valence-electron chi connectivity index (χ2n) is 3.85. The molecule has 0 aliphatic carbocycles. The van der Waals surface area contributed by atoms with Crippen LogP contribution in [0.1, 0.15) is 12.5 Å². The van der Waals surface area contributed by atoms with Gasteiger partial charge in [0.2, 0.25) is 0 Å². The first-order valence-corrected chi connectivity index (χ1v) is 4.87. The van der Waals surface area contributed by atoms with Gasteiger partial charge in [-0.2, -0.15) is 0 Å². The summed E-state index contributed by atoms with van der Waals surface area (Å²) >= 11 is 0. The lowest BCUT2D eigenvalue weighted by Gasteiger charge is -2.27. The molecule has 2 nitrogen and oxygen atoms in total. The molecule has 0 saturated heterocycles. The van der Waals surface area contributed by atoms with Crippen molar-refractivity contribution in [3.63, 3.8) is 0 Å². The lowest BCUT2D eigenvalue weighted by molar-refractivity contribution is 0.0752. The molecule has 0 aromatic heterocycles. The number of halogens is 2. The molecule has 1 aliphatic heterocycles. The van der Waals surface area contributed by atoms with Crippen LogP contribution in [-0.2, 0) is 6.42 Å². The van der Waals surface area contributed by atoms with E-state index in [2.05, 4.69) is 0 Å². The van der Waals surface area contributed by atoms with E-state index in [1.807, 2.05) is 0 Å². The molecule has 0 bridgehead atoms. The van der Waals surface area contributed by atoms with Crippen molar-refractivity contribution in [2.75, 3.05) is 6.61 Å². The van der Waals surface area contributed by atoms with Gasteiger partial charge in [0.05, 0.1) is 12.7 Å². The molecule has 1 aromatic carbocycles. The Labute approximate surface area is 86.5 Å². The third kappa shape index (κ3) is 1.81. The summed E-state index contributed by atoms with van der Waals surface area (Å²) in [5, 5.41) is 9.37. The summed E-state index contributed by atoms with van der Waals surface area (Å²) in [4.78, 5) is 0. The molecule has 4 heteroatoms. The summed E-state index contributed by atoms with van der Waals surface area (Å²) in [6, 6.07) is 2.14. The molecule has 2 rings (SSSR count). The number of fused-ring (bicyclic) bond motifs is 1. The van der Waals surface area contributed by atoms with Gasteiger partial charge in [0.1, 0.15) is 5.82 Å². The predicted molar refractivity (Wildman–Crippen MR) is 50.7 cm³/mol. The number of benzene rings is 1. The van der Waals surface area contributed by atoms with Crippen LogP contribution in [0.4, 0.5) is 8.78 Å². The number of hydrogen-bond acceptors (Lipinski definition) is 2. The Bertz CT molecular complexity index is 377. The highest BCUT2D eigenvalue weighted by Crippen LogP contribution is 2.32. The second-order valence-corrected chi connectivity index (χ2v) is 3.85. The van der Waals surface area contributed by atoms with Crippen molar-refractivity contribution in [1.29, 1.82) is 0 Å². The lowest BCUT2D eigenvalue weighted by Crippen LogP contribution is -2.30. The fourth-order valence-electron chi connectivity index (χ4n) is 1.74. The fraction of sp³-hybridized carbons (Fsp3) is 0.455. The third-order valence-electron chi connectivity index (χ3n) is 2.75. The highest BCUT2D eigenvalue weighted by molar-refractivity contribution is 5.38. The molecule has 0 radical (unpaired) electrons. The van der Waals surface area contributed by atoms with E-state index in [-0.39, 0.29) is 23.8 Å². The molecule has 82 valence electrons. The Hall–Kier alpha value is -1.16. The van der Waals surface area contributed by atoms with Crippen LogP contribution in [0.15, 0.2) is 12.1 Å². The molecule has 0 unspecified atom stereocenters. The zero-order chi connectivity index (χ0) is 11.0. The Kier molecular flexibility index (Phi) is 2.61. The fourth-order valence-corrected chi connectivity index (χ4v) is 1.74. The number of rotatable bonds is 1. The first-order chi connectivity index (χ1) is 7.09. The van der Waals surface area contributed by atoms with Crippen LogP contribution >= 0.6 is 0 Å². The Morgan fingerprint density at radius 2 is 2.07 bits per heavy atom. The average Bonchev–Trinajstić information content (AvgIpc) is 2.23. The maximum absolute atomic E-state index is 13.4. The van der Waals surface area contributed by atoms with Crippen molar-refractivity contribution in [3.8, 4) is 5.75 Å². The smallest absolute Gasteiger partial charge is 0.165 e. The van der Waals surface area contributed by atoms with Crippen molar-refractivity contribution in [2.24, 2.45) is 5.92 Å². The molecule has 0 amide bonds. The van der Waals surface area contributed by atoms with Crippen LogP contribution in [0.3, 0.4) is 0 Å². The number of aliphatic hydroxyl groups is 1. The lowest BCUT2D eigenvalue weighted by atomic mass is 9.92. The maximum atomic E-state index is 13.4. The number of hydrogen-bond donors (Lipinski definition) is 1. The van der Waals surface area contributed by atoms with Crippen LogP contribution in [0.25, 0.3) is 0 Å². The van der Waals surface area contributed by atoms with E-state index < -0.39 is 17.7 Å². The van der Waals surface area contributed by atoms with Crippen molar-refractivity contribution in [2.45, 2.75) is 19.4 Å². The predicted octanol–water partition coefficient (Wildman–Crippen LogP) is 1.90. The van der Waals surface area contributed by atoms with Gasteiger partial charge in [0.25, 0.3) is 0 Å². The minimum atomic E-state index is -0.583. The van der Waals surface area contributed by atoms with Gasteiger partial charge in [-0.1, -0.05) is 0 Å². The van der Waals surface area contributed by atoms with Gasteiger partial charge in [-0.25, -0.2) is 8.78 Å². The zero-order valence-corrected chi connectivity index (χ0v) is 8.34. The highest BCUT2D eigenvalue weighted by atomic mass is 19.1. The topological polar surface area (TPSA) is 29.5 Å². The minimum absolute atomic E-state index is 0.00750. The van der Waals surface area contributed by atoms with E-state index in [4.69, 9.17) is 4.74 Å². The SMILES string of the molecule is C[C@@H](O)[C@@H]1COc2c(F)ccc(F)c2C1. The molecule has 0 saturated carbocycles. The van der Waals surface area contributed by atoms with E-state index in [0.29, 0.717) is 6.42 Å². The molecule has 1 aromatic rings. The summed E-state index contributed by atoms with van der Waals surface area (Å²) in [6.45, 7) is 1.85. The highest BCUT2D eigenvalue weighted by Gasteiger charge is 2.27. The van der Waals surface area contributed by atoms with E-state index in [1.165, 1.54) is 0 Å². The van der Waals surface area contributed by atoms with Crippen molar-refractivity contribution < 1.29 is 18.6 Å². The van der Waals surface area contributed by atoms with E-state index in [0.717, 1.165) is 12.1 Å². The molecule has 0 spiro atoms. The van der Waals surface area contributed by atoms with Crippen molar-refractivity contribution >= 4 is 0 Å². The largest absolute Gasteiger partial charge is 0.490 e. The summed E-state index contributed by atoms with van der Waals surface area (Å²) in [5.41, 5.74) is 0.229. The van der Waals surface area contributed by atoms with Gasteiger partial charge in [0.15, 0.2) is 11.6 Å². The Morgan fingerprint density at radius 1 is 1.40 bits per heavy atom. The second kappa shape index (κ2) is 3.77. The van der Waals surface area contributed by atoms with Crippen LogP contribution in [0.5, 0.6) is 5.75 Å². The molecule has 1 N–H and O–H groups in total. The summed E-state index contributed by atoms with van der Waals surface area (Å²) in [5.74, 6) is -1.20. The van der Waals surface area contributed by atoms with Gasteiger partial charge in [-0.15, -0.1) is 0 Å². The average molecular weight is 214 g/mol. The first kappa shape index (κ1) is 10.4. The molecule has 1 heterocycles. The van der Waals surface area contributed by atoms with E-state index in [9.17, 15) is 13.9 Å². The quantitative estimate of drug-likeness (QED) is 0.773. The van der Waals surface area contributed by atoms with Crippen LogP contribution < -0.4 is 4.74 Å². The van der Waals surface area contributed by atoms with Gasteiger partial charge < -0.3 is 9.84 Å². The van der Waals surface area contributed by atoms with Crippen LogP contribution in [0.2, 0.25) is 0 Å². The monoisotopic (exact) mass is 214 g/mol. The molecule has 0 fully saturated rings. The Balaban J connectivity index is 2.36. The van der Waals surface area contributed by atoms with Crippen LogP contribution in [-0.4, -0.2) is 17.8 Å². The maximum Gasteiger partial charge on any atom is 0.165 e.